The topological polar surface area (TPSA) is 81.8 Å². The van der Waals surface area contributed by atoms with Crippen LogP contribution in [0.5, 0.6) is 0 Å². The average Bonchev–Trinajstić information content (AvgIpc) is 2.15. The SMILES string of the molecule is CCOP(=O)(CC[C@@H](N)CO)OCC. The Hall–Kier alpha value is 0.0700. The molecule has 0 aliphatic rings. The summed E-state index contributed by atoms with van der Waals surface area (Å²) in [6.07, 6.45) is 0.699. The Labute approximate surface area is 85.1 Å². The van der Waals surface area contributed by atoms with Crippen LogP contribution >= 0.6 is 7.60 Å². The lowest BCUT2D eigenvalue weighted by Gasteiger charge is -2.18. The highest BCUT2D eigenvalue weighted by Crippen LogP contribution is 2.48. The highest BCUT2D eigenvalue weighted by molar-refractivity contribution is 7.53. The minimum Gasteiger partial charge on any atom is -0.395 e. The summed E-state index contributed by atoms with van der Waals surface area (Å²) in [6, 6.07) is -0.357. The maximum Gasteiger partial charge on any atom is 0.330 e. The Balaban J connectivity index is 4.02. The lowest BCUT2D eigenvalue weighted by atomic mass is 10.3. The molecular formula is C8H20NO4P. The molecule has 5 nitrogen and oxygen atoms in total. The van der Waals surface area contributed by atoms with Crippen LogP contribution in [0.15, 0.2) is 0 Å². The van der Waals surface area contributed by atoms with E-state index in [0.717, 1.165) is 0 Å². The molecule has 0 aromatic rings. The summed E-state index contributed by atoms with van der Waals surface area (Å²) in [5.41, 5.74) is 5.49. The van der Waals surface area contributed by atoms with Crippen molar-refractivity contribution >= 4 is 7.60 Å². The number of hydrogen-bond acceptors (Lipinski definition) is 5. The molecule has 0 amide bonds. The molecule has 14 heavy (non-hydrogen) atoms. The molecule has 0 saturated carbocycles. The molecule has 0 aromatic carbocycles. The highest BCUT2D eigenvalue weighted by Gasteiger charge is 2.23. The molecule has 0 unspecified atom stereocenters. The predicted molar refractivity (Wildman–Crippen MR) is 55.4 cm³/mol. The standard InChI is InChI=1S/C8H20NO4P/c1-3-12-14(11,13-4-2)6-5-8(9)7-10/h8,10H,3-7,9H2,1-2H3/t8-/m1/s1. The molecule has 0 aromatic heterocycles. The third-order valence-corrected chi connectivity index (χ3v) is 3.77. The van der Waals surface area contributed by atoms with Crippen LogP contribution in [0.1, 0.15) is 20.3 Å². The fourth-order valence-electron chi connectivity index (χ4n) is 0.975. The van der Waals surface area contributed by atoms with Gasteiger partial charge in [0.05, 0.1) is 26.0 Å². The average molecular weight is 225 g/mol. The Morgan fingerprint density at radius 3 is 2.21 bits per heavy atom. The molecule has 0 radical (unpaired) electrons. The molecule has 0 fully saturated rings. The molecule has 6 heteroatoms. The van der Waals surface area contributed by atoms with Crippen LogP contribution in [0, 0.1) is 0 Å². The molecular weight excluding hydrogens is 205 g/mol. The largest absolute Gasteiger partial charge is 0.395 e. The van der Waals surface area contributed by atoms with Gasteiger partial charge in [-0.05, 0) is 20.3 Å². The third-order valence-electron chi connectivity index (χ3n) is 1.66. The van der Waals surface area contributed by atoms with Crippen molar-refractivity contribution in [3.05, 3.63) is 0 Å². The van der Waals surface area contributed by atoms with Crippen molar-refractivity contribution in [3.63, 3.8) is 0 Å². The number of hydrogen-bond donors (Lipinski definition) is 2. The van der Waals surface area contributed by atoms with Crippen LogP contribution in [0.3, 0.4) is 0 Å². The molecule has 0 saturated heterocycles. The third kappa shape index (κ3) is 5.73. The summed E-state index contributed by atoms with van der Waals surface area (Å²) in [6.45, 7) is 4.12. The molecule has 1 atom stereocenters. The summed E-state index contributed by atoms with van der Waals surface area (Å²) in [5, 5.41) is 8.70. The van der Waals surface area contributed by atoms with Crippen molar-refractivity contribution in [1.29, 1.82) is 0 Å². The van der Waals surface area contributed by atoms with E-state index in [1.165, 1.54) is 0 Å². The van der Waals surface area contributed by atoms with Crippen molar-refractivity contribution in [1.82, 2.24) is 0 Å². The van der Waals surface area contributed by atoms with Crippen molar-refractivity contribution in [2.24, 2.45) is 5.73 Å². The lowest BCUT2D eigenvalue weighted by molar-refractivity contribution is 0.216. The zero-order valence-electron chi connectivity index (χ0n) is 8.81. The van der Waals surface area contributed by atoms with Gasteiger partial charge in [0.15, 0.2) is 0 Å². The van der Waals surface area contributed by atoms with E-state index in [4.69, 9.17) is 19.9 Å². The molecule has 3 N–H and O–H groups in total. The normalized spacial score (nSPS) is 14.3. The highest BCUT2D eigenvalue weighted by atomic mass is 31.2. The van der Waals surface area contributed by atoms with Crippen LogP contribution in [-0.2, 0) is 13.6 Å². The van der Waals surface area contributed by atoms with Gasteiger partial charge < -0.3 is 19.9 Å². The van der Waals surface area contributed by atoms with E-state index >= 15 is 0 Å². The van der Waals surface area contributed by atoms with Crippen LogP contribution < -0.4 is 5.73 Å². The summed E-state index contributed by atoms with van der Waals surface area (Å²) in [5.74, 6) is 0. The second-order valence-electron chi connectivity index (χ2n) is 2.90. The quantitative estimate of drug-likeness (QED) is 0.601. The monoisotopic (exact) mass is 225 g/mol. The number of rotatable bonds is 8. The molecule has 0 aliphatic heterocycles. The van der Waals surface area contributed by atoms with Gasteiger partial charge in [0.25, 0.3) is 0 Å². The fraction of sp³-hybridized carbons (Fsp3) is 1.00. The van der Waals surface area contributed by atoms with Gasteiger partial charge in [-0.1, -0.05) is 0 Å². The summed E-state index contributed by atoms with van der Waals surface area (Å²) < 4.78 is 22.0. The van der Waals surface area contributed by atoms with E-state index < -0.39 is 7.60 Å². The molecule has 0 spiro atoms. The first-order valence-corrected chi connectivity index (χ1v) is 6.55. The van der Waals surface area contributed by atoms with Gasteiger partial charge in [0.1, 0.15) is 0 Å². The molecule has 0 heterocycles. The van der Waals surface area contributed by atoms with Gasteiger partial charge in [-0.3, -0.25) is 4.57 Å². The lowest BCUT2D eigenvalue weighted by Crippen LogP contribution is -2.25. The van der Waals surface area contributed by atoms with Crippen LogP contribution in [0.2, 0.25) is 0 Å². The Kier molecular flexibility index (Phi) is 7.41. The first-order valence-electron chi connectivity index (χ1n) is 4.82. The molecule has 86 valence electrons. The van der Waals surface area contributed by atoms with Crippen LogP contribution in [0.25, 0.3) is 0 Å². The first kappa shape index (κ1) is 14.1. The van der Waals surface area contributed by atoms with E-state index in [0.29, 0.717) is 19.6 Å². The smallest absolute Gasteiger partial charge is 0.330 e. The van der Waals surface area contributed by atoms with Gasteiger partial charge >= 0.3 is 7.60 Å². The first-order chi connectivity index (χ1) is 6.58. The van der Waals surface area contributed by atoms with Crippen molar-refractivity contribution in [2.45, 2.75) is 26.3 Å². The van der Waals surface area contributed by atoms with E-state index in [-0.39, 0.29) is 18.8 Å². The van der Waals surface area contributed by atoms with Crippen molar-refractivity contribution in [2.75, 3.05) is 26.0 Å². The Morgan fingerprint density at radius 2 is 1.86 bits per heavy atom. The second kappa shape index (κ2) is 7.37. The molecule has 0 aliphatic carbocycles. The van der Waals surface area contributed by atoms with Crippen LogP contribution in [-0.4, -0.2) is 37.1 Å². The van der Waals surface area contributed by atoms with E-state index in [2.05, 4.69) is 0 Å². The van der Waals surface area contributed by atoms with Gasteiger partial charge in [-0.15, -0.1) is 0 Å². The molecule has 0 bridgehead atoms. The summed E-state index contributed by atoms with van der Waals surface area (Å²) >= 11 is 0. The molecule has 0 rings (SSSR count). The van der Waals surface area contributed by atoms with E-state index in [1.54, 1.807) is 13.8 Å². The van der Waals surface area contributed by atoms with E-state index in [9.17, 15) is 4.57 Å². The van der Waals surface area contributed by atoms with Crippen LogP contribution in [0.4, 0.5) is 0 Å². The van der Waals surface area contributed by atoms with Gasteiger partial charge in [-0.25, -0.2) is 0 Å². The number of aliphatic hydroxyl groups is 1. The van der Waals surface area contributed by atoms with Gasteiger partial charge in [-0.2, -0.15) is 0 Å². The number of nitrogens with two attached hydrogens (primary N) is 1. The minimum absolute atomic E-state index is 0.113. The Morgan fingerprint density at radius 1 is 1.36 bits per heavy atom. The zero-order valence-corrected chi connectivity index (χ0v) is 9.70. The maximum atomic E-state index is 11.9. The Bertz CT molecular complexity index is 178. The maximum absolute atomic E-state index is 11.9. The van der Waals surface area contributed by atoms with Gasteiger partial charge in [0.2, 0.25) is 0 Å². The number of aliphatic hydroxyl groups excluding tert-OH is 1. The van der Waals surface area contributed by atoms with Crippen molar-refractivity contribution < 1.29 is 18.7 Å². The minimum atomic E-state index is -2.98. The van der Waals surface area contributed by atoms with Crippen molar-refractivity contribution in [3.8, 4) is 0 Å². The summed E-state index contributed by atoms with van der Waals surface area (Å²) in [7, 11) is -2.98. The van der Waals surface area contributed by atoms with E-state index in [1.807, 2.05) is 0 Å². The fourth-order valence-corrected chi connectivity index (χ4v) is 2.74. The van der Waals surface area contributed by atoms with Gasteiger partial charge in [0, 0.05) is 6.04 Å². The zero-order chi connectivity index (χ0) is 11.0. The summed E-state index contributed by atoms with van der Waals surface area (Å²) in [4.78, 5) is 0. The predicted octanol–water partition coefficient (Wildman–Crippen LogP) is 0.962. The second-order valence-corrected chi connectivity index (χ2v) is 5.09.